The lowest BCUT2D eigenvalue weighted by Gasteiger charge is -2.36. The number of likely N-dealkylation sites (tertiary alicyclic amines) is 1. The first kappa shape index (κ1) is 19.0. The molecule has 0 spiro atoms. The van der Waals surface area contributed by atoms with Crippen LogP contribution in [0.25, 0.3) is 0 Å². The topological polar surface area (TPSA) is 93.6 Å². The number of hydrogen-bond acceptors (Lipinski definition) is 5. The van der Waals surface area contributed by atoms with E-state index in [9.17, 15) is 4.79 Å². The Labute approximate surface area is 160 Å². The van der Waals surface area contributed by atoms with Gasteiger partial charge in [-0.1, -0.05) is 30.3 Å². The van der Waals surface area contributed by atoms with Crippen LogP contribution in [-0.2, 0) is 0 Å². The molecule has 0 aromatic heterocycles. The summed E-state index contributed by atoms with van der Waals surface area (Å²) in [5.74, 6) is 0.266. The first-order valence-corrected chi connectivity index (χ1v) is 9.32. The van der Waals surface area contributed by atoms with Crippen molar-refractivity contribution < 1.29 is 9.53 Å². The summed E-state index contributed by atoms with van der Waals surface area (Å²) in [7, 11) is 1.52. The lowest BCUT2D eigenvalue weighted by molar-refractivity contribution is 0.0893. The highest BCUT2D eigenvalue weighted by Gasteiger charge is 2.25. The van der Waals surface area contributed by atoms with Crippen molar-refractivity contribution in [3.63, 3.8) is 0 Å². The molecule has 1 saturated heterocycles. The number of anilines is 2. The molecule has 6 heteroatoms. The summed E-state index contributed by atoms with van der Waals surface area (Å²) >= 11 is 0. The number of methoxy groups -OCH3 is 1. The van der Waals surface area contributed by atoms with Crippen LogP contribution >= 0.6 is 0 Å². The van der Waals surface area contributed by atoms with Gasteiger partial charge in [0, 0.05) is 31.2 Å². The maximum absolute atomic E-state index is 12.7. The average molecular weight is 368 g/mol. The van der Waals surface area contributed by atoms with Gasteiger partial charge in [0.05, 0.1) is 24.0 Å². The van der Waals surface area contributed by atoms with Crippen molar-refractivity contribution >= 4 is 17.3 Å². The van der Waals surface area contributed by atoms with Crippen LogP contribution in [-0.4, -0.2) is 37.0 Å². The summed E-state index contributed by atoms with van der Waals surface area (Å²) < 4.78 is 5.28. The van der Waals surface area contributed by atoms with Gasteiger partial charge in [0.1, 0.15) is 5.75 Å². The fraction of sp³-hybridized carbons (Fsp3) is 0.381. The number of piperidine rings is 1. The van der Waals surface area contributed by atoms with Crippen molar-refractivity contribution in [2.24, 2.45) is 0 Å². The highest BCUT2D eigenvalue weighted by molar-refractivity contribution is 5.99. The van der Waals surface area contributed by atoms with Crippen molar-refractivity contribution in [1.82, 2.24) is 10.2 Å². The van der Waals surface area contributed by atoms with Gasteiger partial charge in [-0.15, -0.1) is 0 Å². The van der Waals surface area contributed by atoms with E-state index < -0.39 is 0 Å². The van der Waals surface area contributed by atoms with Gasteiger partial charge in [-0.3, -0.25) is 9.69 Å². The lowest BCUT2D eigenvalue weighted by Crippen LogP contribution is -2.45. The number of benzene rings is 2. The van der Waals surface area contributed by atoms with Crippen LogP contribution in [0.15, 0.2) is 42.5 Å². The van der Waals surface area contributed by atoms with Gasteiger partial charge in [-0.25, -0.2) is 0 Å². The van der Waals surface area contributed by atoms with Crippen molar-refractivity contribution in [3.05, 3.63) is 53.6 Å². The number of carbonyl (C=O) groups is 1. The Bertz CT molecular complexity index is 786. The van der Waals surface area contributed by atoms with Gasteiger partial charge in [-0.05, 0) is 31.4 Å². The number of nitrogen functional groups attached to an aromatic ring is 2. The number of nitrogens with zero attached hydrogens (tertiary/aromatic N) is 1. The normalized spacial score (nSPS) is 16.7. The predicted molar refractivity (Wildman–Crippen MR) is 109 cm³/mol. The molecule has 2 aromatic carbocycles. The number of amides is 1. The van der Waals surface area contributed by atoms with Gasteiger partial charge in [0.15, 0.2) is 0 Å². The summed E-state index contributed by atoms with van der Waals surface area (Å²) in [6, 6.07) is 14.2. The predicted octanol–water partition coefficient (Wildman–Crippen LogP) is 2.82. The Morgan fingerprint density at radius 3 is 2.41 bits per heavy atom. The first-order valence-electron chi connectivity index (χ1n) is 9.32. The van der Waals surface area contributed by atoms with Crippen LogP contribution < -0.4 is 21.5 Å². The maximum atomic E-state index is 12.7. The highest BCUT2D eigenvalue weighted by atomic mass is 16.5. The zero-order valence-corrected chi connectivity index (χ0v) is 15.9. The Balaban J connectivity index is 1.59. The third kappa shape index (κ3) is 4.34. The number of nitrogens with one attached hydrogen (secondary N) is 1. The smallest absolute Gasteiger partial charge is 0.255 e. The molecule has 1 aliphatic rings. The van der Waals surface area contributed by atoms with E-state index in [1.54, 1.807) is 12.1 Å². The van der Waals surface area contributed by atoms with Crippen molar-refractivity contribution in [1.29, 1.82) is 0 Å². The number of ether oxygens (including phenoxy) is 1. The lowest BCUT2D eigenvalue weighted by atomic mass is 9.99. The van der Waals surface area contributed by atoms with Crippen molar-refractivity contribution in [2.45, 2.75) is 31.8 Å². The maximum Gasteiger partial charge on any atom is 0.255 e. The fourth-order valence-electron chi connectivity index (χ4n) is 3.60. The molecule has 1 amide bonds. The molecule has 0 bridgehead atoms. The largest absolute Gasteiger partial charge is 0.496 e. The van der Waals surface area contributed by atoms with E-state index >= 15 is 0 Å². The first-order chi connectivity index (χ1) is 13.0. The second kappa shape index (κ2) is 8.31. The van der Waals surface area contributed by atoms with Gasteiger partial charge in [0.25, 0.3) is 5.91 Å². The molecule has 27 heavy (non-hydrogen) atoms. The quantitative estimate of drug-likeness (QED) is 0.706. The molecule has 6 nitrogen and oxygen atoms in total. The standard InChI is InChI=1S/C21H28N4O2/c1-14(15-6-4-3-5-7-15)25-10-8-16(9-11-25)24-21(26)17-12-18(22)19(23)13-20(17)27-2/h3-7,12-14,16H,8-11,22-23H2,1-2H3,(H,24,26). The molecular weight excluding hydrogens is 340 g/mol. The third-order valence-electron chi connectivity index (χ3n) is 5.34. The molecule has 0 radical (unpaired) electrons. The van der Waals surface area contributed by atoms with E-state index in [4.69, 9.17) is 16.2 Å². The Morgan fingerprint density at radius 2 is 1.78 bits per heavy atom. The average Bonchev–Trinajstić information content (AvgIpc) is 2.70. The summed E-state index contributed by atoms with van der Waals surface area (Å²) in [6.07, 6.45) is 1.82. The molecule has 2 aromatic rings. The summed E-state index contributed by atoms with van der Waals surface area (Å²) in [4.78, 5) is 15.2. The summed E-state index contributed by atoms with van der Waals surface area (Å²) in [6.45, 7) is 4.13. The van der Waals surface area contributed by atoms with Crippen LogP contribution in [0.1, 0.15) is 41.7 Å². The molecule has 1 atom stereocenters. The number of nitrogens with two attached hydrogens (primary N) is 2. The van der Waals surface area contributed by atoms with E-state index in [1.807, 2.05) is 6.07 Å². The van der Waals surface area contributed by atoms with Crippen LogP contribution in [0, 0.1) is 0 Å². The molecule has 0 aliphatic carbocycles. The van der Waals surface area contributed by atoms with Gasteiger partial charge in [-0.2, -0.15) is 0 Å². The van der Waals surface area contributed by atoms with Crippen LogP contribution in [0.3, 0.4) is 0 Å². The van der Waals surface area contributed by atoms with Crippen molar-refractivity contribution in [2.75, 3.05) is 31.7 Å². The van der Waals surface area contributed by atoms with Crippen LogP contribution in [0.2, 0.25) is 0 Å². The SMILES string of the molecule is COc1cc(N)c(N)cc1C(=O)NC1CCN(C(C)c2ccccc2)CC1. The highest BCUT2D eigenvalue weighted by Crippen LogP contribution is 2.28. The number of hydrogen-bond donors (Lipinski definition) is 3. The molecular formula is C21H28N4O2. The van der Waals surface area contributed by atoms with E-state index in [-0.39, 0.29) is 11.9 Å². The summed E-state index contributed by atoms with van der Waals surface area (Å²) in [5, 5.41) is 3.11. The van der Waals surface area contributed by atoms with Gasteiger partial charge < -0.3 is 21.5 Å². The zero-order chi connectivity index (χ0) is 19.4. The zero-order valence-electron chi connectivity index (χ0n) is 15.9. The Morgan fingerprint density at radius 1 is 1.15 bits per heavy atom. The van der Waals surface area contributed by atoms with Crippen molar-refractivity contribution in [3.8, 4) is 5.75 Å². The molecule has 3 rings (SSSR count). The van der Waals surface area contributed by atoms with E-state index in [2.05, 4.69) is 41.4 Å². The van der Waals surface area contributed by atoms with Crippen LogP contribution in [0.4, 0.5) is 11.4 Å². The number of rotatable bonds is 5. The Kier molecular flexibility index (Phi) is 5.86. The molecule has 1 unspecified atom stereocenters. The Hall–Kier alpha value is -2.73. The molecule has 144 valence electrons. The molecule has 5 N–H and O–H groups in total. The number of carbonyl (C=O) groups excluding carboxylic acids is 1. The second-order valence-electron chi connectivity index (χ2n) is 7.05. The minimum Gasteiger partial charge on any atom is -0.496 e. The summed E-state index contributed by atoms with van der Waals surface area (Å²) in [5.41, 5.74) is 14.2. The van der Waals surface area contributed by atoms with E-state index in [0.717, 1.165) is 25.9 Å². The molecule has 0 saturated carbocycles. The van der Waals surface area contributed by atoms with E-state index in [1.165, 1.54) is 12.7 Å². The van der Waals surface area contributed by atoms with Gasteiger partial charge in [0.2, 0.25) is 0 Å². The fourth-order valence-corrected chi connectivity index (χ4v) is 3.60. The monoisotopic (exact) mass is 368 g/mol. The minimum atomic E-state index is -0.173. The molecule has 1 heterocycles. The minimum absolute atomic E-state index is 0.139. The van der Waals surface area contributed by atoms with Crippen LogP contribution in [0.5, 0.6) is 5.75 Å². The second-order valence-corrected chi connectivity index (χ2v) is 7.05. The van der Waals surface area contributed by atoms with Gasteiger partial charge >= 0.3 is 0 Å². The molecule has 1 fully saturated rings. The van der Waals surface area contributed by atoms with E-state index in [0.29, 0.717) is 28.7 Å². The third-order valence-corrected chi connectivity index (χ3v) is 5.34. The molecule has 1 aliphatic heterocycles.